The maximum Gasteiger partial charge on any atom is 0.230 e. The number of rotatable bonds is 7. The predicted molar refractivity (Wildman–Crippen MR) is 113 cm³/mol. The van der Waals surface area contributed by atoms with E-state index < -0.39 is 0 Å². The minimum absolute atomic E-state index is 0.0811. The lowest BCUT2D eigenvalue weighted by molar-refractivity contribution is -0.119. The van der Waals surface area contributed by atoms with Crippen LogP contribution < -0.4 is 14.8 Å². The topological polar surface area (TPSA) is 90.4 Å². The number of nitrogens with one attached hydrogen (secondary N) is 1. The highest BCUT2D eigenvalue weighted by Gasteiger charge is 2.29. The van der Waals surface area contributed by atoms with Crippen LogP contribution >= 0.6 is 11.8 Å². The summed E-state index contributed by atoms with van der Waals surface area (Å²) in [6.45, 7) is 6.33. The van der Waals surface area contributed by atoms with Gasteiger partial charge in [-0.05, 0) is 51.3 Å². The smallest absolute Gasteiger partial charge is 0.230 e. The minimum atomic E-state index is -0.185. The Labute approximate surface area is 180 Å². The third-order valence-electron chi connectivity index (χ3n) is 5.15. The van der Waals surface area contributed by atoms with Crippen LogP contribution in [-0.2, 0) is 4.79 Å². The second-order valence-electron chi connectivity index (χ2n) is 7.66. The van der Waals surface area contributed by atoms with Crippen molar-refractivity contribution in [1.82, 2.24) is 15.3 Å². The van der Waals surface area contributed by atoms with Crippen molar-refractivity contribution < 1.29 is 19.1 Å². The van der Waals surface area contributed by atoms with Crippen LogP contribution in [0, 0.1) is 6.92 Å². The molecule has 1 atom stereocenters. The number of hydrogen-bond acceptors (Lipinski definition) is 7. The van der Waals surface area contributed by atoms with Gasteiger partial charge in [-0.2, -0.15) is 0 Å². The van der Waals surface area contributed by atoms with Gasteiger partial charge in [0, 0.05) is 5.92 Å². The van der Waals surface area contributed by atoms with Crippen molar-refractivity contribution in [2.75, 3.05) is 19.0 Å². The molecule has 30 heavy (non-hydrogen) atoms. The third-order valence-corrected chi connectivity index (χ3v) is 6.13. The van der Waals surface area contributed by atoms with Crippen LogP contribution in [0.3, 0.4) is 0 Å². The van der Waals surface area contributed by atoms with E-state index in [2.05, 4.69) is 15.3 Å². The fraction of sp³-hybridized carbons (Fsp3) is 0.455. The van der Waals surface area contributed by atoms with Crippen molar-refractivity contribution >= 4 is 23.5 Å². The highest BCUT2D eigenvalue weighted by molar-refractivity contribution is 8.00. The lowest BCUT2D eigenvalue weighted by atomic mass is 10.1. The van der Waals surface area contributed by atoms with E-state index in [-0.39, 0.29) is 23.5 Å². The standard InChI is InChI=1S/C22H25N3O4S/c1-12(16-6-7-17-18(10-16)29-9-8-28-17)23-19(27)11-30-22-20(14(3)26)13(2)24-21(25-22)15-4-5-15/h6-7,10,12,15H,4-5,8-9,11H2,1-3H3,(H,23,27)/t12-/m1/s1. The normalized spacial score (nSPS) is 16.1. The van der Waals surface area contributed by atoms with Gasteiger partial charge in [0.15, 0.2) is 17.3 Å². The van der Waals surface area contributed by atoms with E-state index >= 15 is 0 Å². The molecule has 8 heteroatoms. The average molecular weight is 428 g/mol. The average Bonchev–Trinajstić information content (AvgIpc) is 3.56. The van der Waals surface area contributed by atoms with Crippen LogP contribution in [0.2, 0.25) is 0 Å². The Kier molecular flexibility index (Phi) is 5.94. The fourth-order valence-electron chi connectivity index (χ4n) is 3.43. The van der Waals surface area contributed by atoms with E-state index in [9.17, 15) is 9.59 Å². The number of benzene rings is 1. The summed E-state index contributed by atoms with van der Waals surface area (Å²) in [6, 6.07) is 5.50. The molecule has 1 aromatic heterocycles. The van der Waals surface area contributed by atoms with Crippen LogP contribution in [0.25, 0.3) is 0 Å². The Morgan fingerprint density at radius 3 is 2.63 bits per heavy atom. The van der Waals surface area contributed by atoms with Gasteiger partial charge >= 0.3 is 0 Å². The first-order valence-electron chi connectivity index (χ1n) is 10.1. The van der Waals surface area contributed by atoms with Crippen molar-refractivity contribution in [3.8, 4) is 11.5 Å². The van der Waals surface area contributed by atoms with E-state index in [0.29, 0.717) is 41.2 Å². The number of carbonyl (C=O) groups excluding carboxylic acids is 2. The zero-order valence-electron chi connectivity index (χ0n) is 17.4. The molecular formula is C22H25N3O4S. The lowest BCUT2D eigenvalue weighted by Gasteiger charge is -2.21. The summed E-state index contributed by atoms with van der Waals surface area (Å²) in [5.74, 6) is 2.56. The molecule has 1 saturated carbocycles. The zero-order valence-corrected chi connectivity index (χ0v) is 18.2. The van der Waals surface area contributed by atoms with E-state index in [1.54, 1.807) is 0 Å². The summed E-state index contributed by atoms with van der Waals surface area (Å²) < 4.78 is 11.2. The highest BCUT2D eigenvalue weighted by atomic mass is 32.2. The molecule has 1 N–H and O–H groups in total. The Hall–Kier alpha value is -2.61. The molecule has 2 aromatic rings. The van der Waals surface area contributed by atoms with Gasteiger partial charge in [0.1, 0.15) is 24.1 Å². The third kappa shape index (κ3) is 4.59. The largest absolute Gasteiger partial charge is 0.486 e. The molecule has 1 fully saturated rings. The number of hydrogen-bond donors (Lipinski definition) is 1. The number of ether oxygens (including phenoxy) is 2. The molecule has 0 radical (unpaired) electrons. The number of carbonyl (C=O) groups is 2. The number of aryl methyl sites for hydroxylation is 1. The van der Waals surface area contributed by atoms with Gasteiger partial charge in [0.25, 0.3) is 0 Å². The fourth-order valence-corrected chi connectivity index (χ4v) is 4.38. The van der Waals surface area contributed by atoms with Crippen LogP contribution in [-0.4, -0.2) is 40.6 Å². The second-order valence-corrected chi connectivity index (χ2v) is 8.62. The van der Waals surface area contributed by atoms with Crippen molar-refractivity contribution in [2.24, 2.45) is 0 Å². The van der Waals surface area contributed by atoms with E-state index in [4.69, 9.17) is 9.47 Å². The van der Waals surface area contributed by atoms with Crippen molar-refractivity contribution in [3.63, 3.8) is 0 Å². The Morgan fingerprint density at radius 2 is 1.93 bits per heavy atom. The first-order valence-corrected chi connectivity index (χ1v) is 11.1. The maximum atomic E-state index is 12.6. The van der Waals surface area contributed by atoms with Gasteiger partial charge < -0.3 is 14.8 Å². The van der Waals surface area contributed by atoms with Crippen LogP contribution in [0.15, 0.2) is 23.2 Å². The molecular weight excluding hydrogens is 402 g/mol. The summed E-state index contributed by atoms with van der Waals surface area (Å²) in [6.07, 6.45) is 2.16. The zero-order chi connectivity index (χ0) is 21.3. The minimum Gasteiger partial charge on any atom is -0.486 e. The van der Waals surface area contributed by atoms with Gasteiger partial charge in [-0.25, -0.2) is 9.97 Å². The molecule has 1 amide bonds. The molecule has 2 aliphatic rings. The monoisotopic (exact) mass is 427 g/mol. The number of Topliss-reactive ketones (excluding diaryl/α,β-unsaturated/α-hetero) is 1. The summed E-state index contributed by atoms with van der Waals surface area (Å²) in [7, 11) is 0. The van der Waals surface area contributed by atoms with Crippen LogP contribution in [0.1, 0.15) is 66.1 Å². The number of aromatic nitrogens is 2. The Balaban J connectivity index is 1.42. The van der Waals surface area contributed by atoms with Crippen molar-refractivity contribution in [1.29, 1.82) is 0 Å². The van der Waals surface area contributed by atoms with Gasteiger partial charge in [0.05, 0.1) is 23.1 Å². The van der Waals surface area contributed by atoms with E-state index in [0.717, 1.165) is 30.0 Å². The number of amides is 1. The summed E-state index contributed by atoms with van der Waals surface area (Å²) >= 11 is 1.29. The predicted octanol–water partition coefficient (Wildman–Crippen LogP) is 3.61. The quantitative estimate of drug-likeness (QED) is 0.410. The molecule has 2 heterocycles. The molecule has 7 nitrogen and oxygen atoms in total. The molecule has 0 saturated heterocycles. The van der Waals surface area contributed by atoms with Crippen molar-refractivity contribution in [2.45, 2.75) is 50.6 Å². The number of fused-ring (bicyclic) bond motifs is 1. The SMILES string of the molecule is CC(=O)c1c(C)nc(C2CC2)nc1SCC(=O)N[C@H](C)c1ccc2c(c1)OCCO2. The molecule has 4 rings (SSSR count). The van der Waals surface area contributed by atoms with Gasteiger partial charge in [0.2, 0.25) is 5.91 Å². The van der Waals surface area contributed by atoms with Crippen LogP contribution in [0.4, 0.5) is 0 Å². The highest BCUT2D eigenvalue weighted by Crippen LogP contribution is 2.39. The lowest BCUT2D eigenvalue weighted by Crippen LogP contribution is -2.28. The summed E-state index contributed by atoms with van der Waals surface area (Å²) in [4.78, 5) is 33.8. The second kappa shape index (κ2) is 8.63. The van der Waals surface area contributed by atoms with Gasteiger partial charge in [-0.3, -0.25) is 9.59 Å². The molecule has 1 aliphatic carbocycles. The first kappa shape index (κ1) is 20.7. The van der Waals surface area contributed by atoms with Crippen LogP contribution in [0.5, 0.6) is 11.5 Å². The number of ketones is 1. The molecule has 0 bridgehead atoms. The Bertz CT molecular complexity index is 991. The summed E-state index contributed by atoms with van der Waals surface area (Å²) in [5.41, 5.74) is 2.14. The van der Waals surface area contributed by atoms with E-state index in [1.165, 1.54) is 18.7 Å². The van der Waals surface area contributed by atoms with Gasteiger partial charge in [-0.15, -0.1) is 0 Å². The molecule has 0 spiro atoms. The molecule has 0 unspecified atom stereocenters. The van der Waals surface area contributed by atoms with E-state index in [1.807, 2.05) is 32.0 Å². The molecule has 1 aromatic carbocycles. The molecule has 1 aliphatic heterocycles. The maximum absolute atomic E-state index is 12.6. The number of nitrogens with zero attached hydrogens (tertiary/aromatic N) is 2. The summed E-state index contributed by atoms with van der Waals surface area (Å²) in [5, 5.41) is 3.60. The molecule has 158 valence electrons. The van der Waals surface area contributed by atoms with Crippen molar-refractivity contribution in [3.05, 3.63) is 40.8 Å². The number of thioether (sulfide) groups is 1. The first-order chi connectivity index (χ1) is 14.4. The van der Waals surface area contributed by atoms with Gasteiger partial charge in [-0.1, -0.05) is 17.8 Å². The Morgan fingerprint density at radius 1 is 1.20 bits per heavy atom.